The fourth-order valence-corrected chi connectivity index (χ4v) is 3.77. The molecule has 1 amide bonds. The molecule has 0 saturated carbocycles. The molecule has 0 aliphatic rings. The third-order valence-electron chi connectivity index (χ3n) is 4.66. The molecule has 1 aromatic heterocycles. The Morgan fingerprint density at radius 3 is 2.45 bits per heavy atom. The topological polar surface area (TPSA) is 60.5 Å². The average molecular weight is 470 g/mol. The molecule has 0 unspecified atom stereocenters. The van der Waals surface area contributed by atoms with Gasteiger partial charge in [-0.25, -0.2) is 18.2 Å². The van der Waals surface area contributed by atoms with Gasteiger partial charge in [0.1, 0.15) is 46.3 Å². The third-order valence-corrected chi connectivity index (χ3v) is 5.53. The summed E-state index contributed by atoms with van der Waals surface area (Å²) >= 11 is 1.12. The first-order valence-corrected chi connectivity index (χ1v) is 10.6. The Morgan fingerprint density at radius 1 is 0.970 bits per heavy atom. The van der Waals surface area contributed by atoms with Gasteiger partial charge in [0, 0.05) is 28.3 Å². The number of nitrogens with zero attached hydrogens (tertiary/aromatic N) is 1. The molecule has 3 aromatic carbocycles. The number of carbonyl (C=O) groups is 1. The van der Waals surface area contributed by atoms with Crippen molar-refractivity contribution in [3.63, 3.8) is 0 Å². The first kappa shape index (κ1) is 22.3. The van der Waals surface area contributed by atoms with E-state index in [0.717, 1.165) is 35.6 Å². The number of anilines is 1. The molecule has 0 aliphatic heterocycles. The molecule has 1 heterocycles. The van der Waals surface area contributed by atoms with Crippen LogP contribution in [0.2, 0.25) is 0 Å². The van der Waals surface area contributed by atoms with Crippen LogP contribution < -0.4 is 14.8 Å². The Labute approximate surface area is 191 Å². The summed E-state index contributed by atoms with van der Waals surface area (Å²) in [6.07, 6.45) is 0. The van der Waals surface area contributed by atoms with Crippen molar-refractivity contribution in [1.29, 1.82) is 0 Å². The molecular weight excluding hydrogens is 453 g/mol. The zero-order chi connectivity index (χ0) is 23.4. The van der Waals surface area contributed by atoms with Crippen LogP contribution >= 0.6 is 11.3 Å². The van der Waals surface area contributed by atoms with Gasteiger partial charge in [-0.2, -0.15) is 0 Å². The minimum atomic E-state index is -0.622. The number of rotatable bonds is 7. The molecule has 0 radical (unpaired) electrons. The minimum absolute atomic E-state index is 0.0203. The van der Waals surface area contributed by atoms with E-state index >= 15 is 0 Å². The highest BCUT2D eigenvalue weighted by Crippen LogP contribution is 2.30. The Kier molecular flexibility index (Phi) is 6.60. The lowest BCUT2D eigenvalue weighted by Crippen LogP contribution is -2.12. The molecule has 168 valence electrons. The van der Waals surface area contributed by atoms with Crippen LogP contribution in [0.15, 0.2) is 66.0 Å². The Morgan fingerprint density at radius 2 is 1.73 bits per heavy atom. The van der Waals surface area contributed by atoms with Crippen molar-refractivity contribution in [1.82, 2.24) is 4.98 Å². The molecule has 4 aromatic rings. The van der Waals surface area contributed by atoms with E-state index < -0.39 is 23.4 Å². The van der Waals surface area contributed by atoms with E-state index in [4.69, 9.17) is 9.47 Å². The Bertz CT molecular complexity index is 1290. The van der Waals surface area contributed by atoms with E-state index in [0.29, 0.717) is 16.4 Å². The van der Waals surface area contributed by atoms with E-state index in [2.05, 4.69) is 10.3 Å². The molecule has 0 spiro atoms. The van der Waals surface area contributed by atoms with Crippen molar-refractivity contribution in [2.24, 2.45) is 0 Å². The van der Waals surface area contributed by atoms with Crippen LogP contribution in [0.3, 0.4) is 0 Å². The van der Waals surface area contributed by atoms with E-state index in [-0.39, 0.29) is 29.2 Å². The number of hydrogen-bond acceptors (Lipinski definition) is 5. The van der Waals surface area contributed by atoms with E-state index in [1.807, 2.05) is 0 Å². The number of aromatic nitrogens is 1. The standard InChI is InChI=1S/C24H17F3N2O3S/c1-31-17-5-3-16(4-6-17)28-23(30)22-13-33-24(29-22)19-8-7-18(11-21(19)27)32-12-14-10-15(25)2-9-20(14)26/h2-11,13H,12H2,1H3,(H,28,30). The van der Waals surface area contributed by atoms with Crippen LogP contribution in [-0.2, 0) is 6.61 Å². The van der Waals surface area contributed by atoms with Gasteiger partial charge >= 0.3 is 0 Å². The zero-order valence-corrected chi connectivity index (χ0v) is 18.1. The number of ether oxygens (including phenoxy) is 2. The highest BCUT2D eigenvalue weighted by atomic mass is 32.1. The third kappa shape index (κ3) is 5.32. The second kappa shape index (κ2) is 9.74. The number of methoxy groups -OCH3 is 1. The van der Waals surface area contributed by atoms with Crippen LogP contribution in [0.1, 0.15) is 16.1 Å². The van der Waals surface area contributed by atoms with Crippen LogP contribution in [0.5, 0.6) is 11.5 Å². The van der Waals surface area contributed by atoms with E-state index in [9.17, 15) is 18.0 Å². The second-order valence-electron chi connectivity index (χ2n) is 6.89. The van der Waals surface area contributed by atoms with Gasteiger partial charge in [0.25, 0.3) is 5.91 Å². The van der Waals surface area contributed by atoms with Crippen molar-refractivity contribution in [2.45, 2.75) is 6.61 Å². The van der Waals surface area contributed by atoms with Crippen molar-refractivity contribution in [3.05, 3.63) is 94.8 Å². The fourth-order valence-electron chi connectivity index (χ4n) is 2.95. The van der Waals surface area contributed by atoms with Crippen LogP contribution in [0.25, 0.3) is 10.6 Å². The highest BCUT2D eigenvalue weighted by molar-refractivity contribution is 7.13. The largest absolute Gasteiger partial charge is 0.497 e. The van der Waals surface area contributed by atoms with Gasteiger partial charge < -0.3 is 14.8 Å². The number of thiazole rings is 1. The zero-order valence-electron chi connectivity index (χ0n) is 17.3. The molecule has 0 fully saturated rings. The lowest BCUT2D eigenvalue weighted by molar-refractivity contribution is 0.102. The quantitative estimate of drug-likeness (QED) is 0.356. The van der Waals surface area contributed by atoms with Gasteiger partial charge in [-0.05, 0) is 54.6 Å². The summed E-state index contributed by atoms with van der Waals surface area (Å²) in [5.74, 6) is -1.45. The molecule has 0 aliphatic carbocycles. The van der Waals surface area contributed by atoms with Crippen LogP contribution in [0, 0.1) is 17.5 Å². The van der Waals surface area contributed by atoms with Crippen molar-refractivity contribution < 1.29 is 27.4 Å². The number of carbonyl (C=O) groups excluding carboxylic acids is 1. The predicted molar refractivity (Wildman–Crippen MR) is 119 cm³/mol. The van der Waals surface area contributed by atoms with Gasteiger partial charge in [0.15, 0.2) is 0 Å². The number of halogens is 3. The Hall–Kier alpha value is -3.85. The molecule has 9 heteroatoms. The Balaban J connectivity index is 1.44. The van der Waals surface area contributed by atoms with Gasteiger partial charge in [-0.1, -0.05) is 0 Å². The maximum Gasteiger partial charge on any atom is 0.275 e. The molecule has 0 bridgehead atoms. The molecular formula is C24H17F3N2O3S. The number of amides is 1. The SMILES string of the molecule is COc1ccc(NC(=O)c2csc(-c3ccc(OCc4cc(F)ccc4F)cc3F)n2)cc1. The predicted octanol–water partition coefficient (Wildman–Crippen LogP) is 6.07. The highest BCUT2D eigenvalue weighted by Gasteiger charge is 2.16. The van der Waals surface area contributed by atoms with Crippen molar-refractivity contribution >= 4 is 22.9 Å². The number of benzene rings is 3. The smallest absolute Gasteiger partial charge is 0.275 e. The van der Waals surface area contributed by atoms with Gasteiger partial charge in [-0.15, -0.1) is 11.3 Å². The van der Waals surface area contributed by atoms with Gasteiger partial charge in [0.2, 0.25) is 0 Å². The first-order chi connectivity index (χ1) is 15.9. The number of hydrogen-bond donors (Lipinski definition) is 1. The lowest BCUT2D eigenvalue weighted by atomic mass is 10.2. The molecule has 0 atom stereocenters. The fraction of sp³-hybridized carbons (Fsp3) is 0.0833. The lowest BCUT2D eigenvalue weighted by Gasteiger charge is -2.09. The summed E-state index contributed by atoms with van der Waals surface area (Å²) in [7, 11) is 1.55. The molecule has 0 saturated heterocycles. The summed E-state index contributed by atoms with van der Waals surface area (Å²) in [6.45, 7) is -0.255. The summed E-state index contributed by atoms with van der Waals surface area (Å²) in [4.78, 5) is 16.7. The maximum atomic E-state index is 14.7. The van der Waals surface area contributed by atoms with Crippen molar-refractivity contribution in [2.75, 3.05) is 12.4 Å². The van der Waals surface area contributed by atoms with Gasteiger partial charge in [-0.3, -0.25) is 4.79 Å². The molecule has 4 rings (SSSR count). The summed E-state index contributed by atoms with van der Waals surface area (Å²) < 4.78 is 52.1. The minimum Gasteiger partial charge on any atom is -0.497 e. The molecule has 5 nitrogen and oxygen atoms in total. The monoisotopic (exact) mass is 470 g/mol. The van der Waals surface area contributed by atoms with Crippen LogP contribution in [0.4, 0.5) is 18.9 Å². The maximum absolute atomic E-state index is 14.7. The molecule has 1 N–H and O–H groups in total. The van der Waals surface area contributed by atoms with Crippen LogP contribution in [-0.4, -0.2) is 18.0 Å². The molecule has 33 heavy (non-hydrogen) atoms. The number of nitrogens with one attached hydrogen (secondary N) is 1. The summed E-state index contributed by atoms with van der Waals surface area (Å²) in [5.41, 5.74) is 0.921. The average Bonchev–Trinajstić information content (AvgIpc) is 3.30. The first-order valence-electron chi connectivity index (χ1n) is 9.70. The van der Waals surface area contributed by atoms with E-state index in [1.54, 1.807) is 31.4 Å². The summed E-state index contributed by atoms with van der Waals surface area (Å²) in [6, 6.07) is 13.9. The van der Waals surface area contributed by atoms with Gasteiger partial charge in [0.05, 0.1) is 7.11 Å². The van der Waals surface area contributed by atoms with E-state index in [1.165, 1.54) is 17.5 Å². The second-order valence-corrected chi connectivity index (χ2v) is 7.74. The van der Waals surface area contributed by atoms with Crippen molar-refractivity contribution in [3.8, 4) is 22.1 Å². The summed E-state index contributed by atoms with van der Waals surface area (Å²) in [5, 5.41) is 4.56. The normalized spacial score (nSPS) is 10.7.